The Balaban J connectivity index is 1.84. The maximum Gasteiger partial charge on any atom is 0.240 e. The van der Waals surface area contributed by atoms with Crippen LogP contribution in [-0.2, 0) is 4.79 Å². The van der Waals surface area contributed by atoms with Crippen molar-refractivity contribution in [2.75, 3.05) is 5.32 Å². The van der Waals surface area contributed by atoms with E-state index in [-0.39, 0.29) is 11.7 Å². The van der Waals surface area contributed by atoms with Crippen LogP contribution in [0.2, 0.25) is 5.02 Å². The van der Waals surface area contributed by atoms with Gasteiger partial charge >= 0.3 is 0 Å². The largest absolute Gasteiger partial charge is 0.508 e. The zero-order chi connectivity index (χ0) is 18.5. The average Bonchev–Trinajstić information content (AvgIpc) is 3.05. The van der Waals surface area contributed by atoms with Crippen molar-refractivity contribution in [3.05, 3.63) is 71.1 Å². The Morgan fingerprint density at radius 3 is 2.54 bits per heavy atom. The summed E-state index contributed by atoms with van der Waals surface area (Å²) in [5.74, 6) is -0.546. The second-order valence-electron chi connectivity index (χ2n) is 5.64. The van der Waals surface area contributed by atoms with E-state index in [1.807, 2.05) is 0 Å². The molecule has 7 heteroatoms. The molecule has 0 aliphatic carbocycles. The monoisotopic (exact) mass is 369 g/mol. The maximum atomic E-state index is 12.7. The predicted molar refractivity (Wildman–Crippen MR) is 100 cm³/mol. The van der Waals surface area contributed by atoms with E-state index >= 15 is 0 Å². The van der Waals surface area contributed by atoms with Crippen LogP contribution in [0.4, 0.5) is 11.4 Å². The van der Waals surface area contributed by atoms with Crippen LogP contribution in [0.1, 0.15) is 17.4 Å². The fourth-order valence-electron chi connectivity index (χ4n) is 2.25. The van der Waals surface area contributed by atoms with E-state index in [0.717, 1.165) is 0 Å². The molecule has 26 heavy (non-hydrogen) atoms. The van der Waals surface area contributed by atoms with Crippen molar-refractivity contribution in [3.8, 4) is 5.75 Å². The standard InChI is InChI=1S/C19H16ClN3O3/c1-12-10-18(26-23-12)17(11-21-14-6-8-16(24)9-7-14)19(25)22-15-4-2-13(20)3-5-15/h2-11,17,24H,1H3,(H,22,25). The number of aromatic hydroxyl groups is 1. The molecule has 3 aromatic rings. The molecule has 0 aliphatic rings. The first-order valence-electron chi connectivity index (χ1n) is 7.84. The molecule has 1 atom stereocenters. The molecule has 0 fully saturated rings. The minimum atomic E-state index is -0.763. The number of halogens is 1. The number of hydrogen-bond donors (Lipinski definition) is 2. The molecule has 1 aromatic heterocycles. The van der Waals surface area contributed by atoms with Crippen molar-refractivity contribution in [2.24, 2.45) is 4.99 Å². The van der Waals surface area contributed by atoms with Gasteiger partial charge in [0.15, 0.2) is 5.76 Å². The number of phenolic OH excluding ortho intramolecular Hbond substituents is 1. The minimum Gasteiger partial charge on any atom is -0.508 e. The van der Waals surface area contributed by atoms with Gasteiger partial charge in [0.1, 0.15) is 11.7 Å². The number of rotatable bonds is 5. The number of nitrogens with one attached hydrogen (secondary N) is 1. The van der Waals surface area contributed by atoms with Gasteiger partial charge in [-0.1, -0.05) is 16.8 Å². The molecule has 3 rings (SSSR count). The van der Waals surface area contributed by atoms with Gasteiger partial charge in [-0.25, -0.2) is 0 Å². The van der Waals surface area contributed by atoms with Crippen molar-refractivity contribution >= 4 is 35.1 Å². The van der Waals surface area contributed by atoms with E-state index in [1.54, 1.807) is 49.4 Å². The van der Waals surface area contributed by atoms with Gasteiger partial charge in [-0.2, -0.15) is 0 Å². The lowest BCUT2D eigenvalue weighted by molar-refractivity contribution is -0.116. The molecule has 1 unspecified atom stereocenters. The Hall–Kier alpha value is -3.12. The molecule has 6 nitrogen and oxygen atoms in total. The zero-order valence-corrected chi connectivity index (χ0v) is 14.6. The number of benzene rings is 2. The third kappa shape index (κ3) is 4.49. The lowest BCUT2D eigenvalue weighted by Crippen LogP contribution is -2.22. The van der Waals surface area contributed by atoms with Crippen LogP contribution < -0.4 is 5.32 Å². The highest BCUT2D eigenvalue weighted by molar-refractivity contribution is 6.30. The Bertz CT molecular complexity index is 918. The van der Waals surface area contributed by atoms with Crippen molar-refractivity contribution in [1.82, 2.24) is 5.16 Å². The normalized spacial score (nSPS) is 12.2. The fraction of sp³-hybridized carbons (Fsp3) is 0.105. The van der Waals surface area contributed by atoms with Crippen LogP contribution in [0.15, 0.2) is 64.1 Å². The van der Waals surface area contributed by atoms with E-state index < -0.39 is 5.92 Å². The molecule has 2 N–H and O–H groups in total. The summed E-state index contributed by atoms with van der Waals surface area (Å²) in [4.78, 5) is 17.0. The molecule has 0 radical (unpaired) electrons. The molecule has 0 saturated carbocycles. The summed E-state index contributed by atoms with van der Waals surface area (Å²) < 4.78 is 5.25. The third-order valence-electron chi connectivity index (χ3n) is 3.57. The van der Waals surface area contributed by atoms with Crippen LogP contribution in [0, 0.1) is 6.92 Å². The number of aromatic nitrogens is 1. The number of nitrogens with zero attached hydrogens (tertiary/aromatic N) is 2. The lowest BCUT2D eigenvalue weighted by atomic mass is 10.1. The second-order valence-corrected chi connectivity index (χ2v) is 6.08. The average molecular weight is 370 g/mol. The molecular formula is C19H16ClN3O3. The molecule has 132 valence electrons. The summed E-state index contributed by atoms with van der Waals surface area (Å²) >= 11 is 5.86. The van der Waals surface area contributed by atoms with Gasteiger partial charge < -0.3 is 14.9 Å². The van der Waals surface area contributed by atoms with Crippen LogP contribution in [-0.4, -0.2) is 22.4 Å². The van der Waals surface area contributed by atoms with Crippen molar-refractivity contribution in [3.63, 3.8) is 0 Å². The van der Waals surface area contributed by atoms with Crippen LogP contribution in [0.5, 0.6) is 5.75 Å². The molecule has 0 aliphatic heterocycles. The molecule has 0 bridgehead atoms. The summed E-state index contributed by atoms with van der Waals surface area (Å²) in [6, 6.07) is 14.8. The molecule has 1 heterocycles. The topological polar surface area (TPSA) is 87.7 Å². The third-order valence-corrected chi connectivity index (χ3v) is 3.82. The quantitative estimate of drug-likeness (QED) is 0.649. The van der Waals surface area contributed by atoms with Crippen LogP contribution in [0.25, 0.3) is 0 Å². The highest BCUT2D eigenvalue weighted by Gasteiger charge is 2.23. The molecule has 0 spiro atoms. The number of anilines is 1. The van der Waals surface area contributed by atoms with Crippen molar-refractivity contribution < 1.29 is 14.4 Å². The van der Waals surface area contributed by atoms with Gasteiger partial charge in [-0.05, 0) is 55.5 Å². The summed E-state index contributed by atoms with van der Waals surface area (Å²) in [5.41, 5.74) is 1.88. The Morgan fingerprint density at radius 1 is 1.23 bits per heavy atom. The van der Waals surface area contributed by atoms with Crippen LogP contribution >= 0.6 is 11.6 Å². The number of carbonyl (C=O) groups excluding carboxylic acids is 1. The van der Waals surface area contributed by atoms with Gasteiger partial charge in [0.25, 0.3) is 0 Å². The highest BCUT2D eigenvalue weighted by Crippen LogP contribution is 2.22. The molecule has 1 amide bonds. The number of hydrogen-bond acceptors (Lipinski definition) is 5. The SMILES string of the molecule is Cc1cc(C(C=Nc2ccc(O)cc2)C(=O)Nc2ccc(Cl)cc2)on1. The van der Waals surface area contributed by atoms with Crippen molar-refractivity contribution in [1.29, 1.82) is 0 Å². The first-order chi connectivity index (χ1) is 12.5. The van der Waals surface area contributed by atoms with Gasteiger partial charge in [-0.3, -0.25) is 9.79 Å². The number of aryl methyl sites for hydroxylation is 1. The second kappa shape index (κ2) is 7.84. The first kappa shape index (κ1) is 17.7. The number of amides is 1. The number of phenols is 1. The Morgan fingerprint density at radius 2 is 1.92 bits per heavy atom. The number of aliphatic imine (C=N–C) groups is 1. The minimum absolute atomic E-state index is 0.145. The van der Waals surface area contributed by atoms with E-state index in [1.165, 1.54) is 18.3 Å². The summed E-state index contributed by atoms with van der Waals surface area (Å²) in [5, 5.41) is 16.6. The first-order valence-corrected chi connectivity index (χ1v) is 8.22. The predicted octanol–water partition coefficient (Wildman–Crippen LogP) is 4.47. The maximum absolute atomic E-state index is 12.7. The van der Waals surface area contributed by atoms with Crippen LogP contribution in [0.3, 0.4) is 0 Å². The molecule has 0 saturated heterocycles. The Kier molecular flexibility index (Phi) is 5.34. The van der Waals surface area contributed by atoms with E-state index in [9.17, 15) is 9.90 Å². The van der Waals surface area contributed by atoms with E-state index in [0.29, 0.717) is 27.9 Å². The molecular weight excluding hydrogens is 354 g/mol. The number of carbonyl (C=O) groups is 1. The lowest BCUT2D eigenvalue weighted by Gasteiger charge is -2.10. The smallest absolute Gasteiger partial charge is 0.240 e. The van der Waals surface area contributed by atoms with E-state index in [2.05, 4.69) is 15.5 Å². The summed E-state index contributed by atoms with van der Waals surface area (Å²) in [6.45, 7) is 1.78. The van der Waals surface area contributed by atoms with Gasteiger partial charge in [0, 0.05) is 23.0 Å². The van der Waals surface area contributed by atoms with Crippen molar-refractivity contribution in [2.45, 2.75) is 12.8 Å². The highest BCUT2D eigenvalue weighted by atomic mass is 35.5. The van der Waals surface area contributed by atoms with Gasteiger partial charge in [0.2, 0.25) is 5.91 Å². The van der Waals surface area contributed by atoms with Gasteiger partial charge in [0.05, 0.1) is 11.4 Å². The molecule has 2 aromatic carbocycles. The zero-order valence-electron chi connectivity index (χ0n) is 13.9. The van der Waals surface area contributed by atoms with Gasteiger partial charge in [-0.15, -0.1) is 0 Å². The summed E-state index contributed by atoms with van der Waals surface area (Å²) in [7, 11) is 0. The Labute approximate surface area is 155 Å². The summed E-state index contributed by atoms with van der Waals surface area (Å²) in [6.07, 6.45) is 1.48. The van der Waals surface area contributed by atoms with E-state index in [4.69, 9.17) is 16.1 Å². The fourth-order valence-corrected chi connectivity index (χ4v) is 2.38.